The van der Waals surface area contributed by atoms with Crippen LogP contribution in [0.1, 0.15) is 81.4 Å². The maximum Gasteiger partial charge on any atom is 0.220 e. The monoisotopic (exact) mass is 318 g/mol. The molecule has 0 unspecified atom stereocenters. The number of hydrogen-bond acceptors (Lipinski definition) is 4. The minimum Gasteiger partial charge on any atom is -0.393 e. The smallest absolute Gasteiger partial charge is 0.220 e. The van der Waals surface area contributed by atoms with Crippen molar-refractivity contribution in [3.05, 3.63) is 11.6 Å². The molecule has 0 radical (unpaired) electrons. The molecule has 2 atom stereocenters. The van der Waals surface area contributed by atoms with Gasteiger partial charge in [0.05, 0.1) is 12.6 Å². The van der Waals surface area contributed by atoms with Crippen LogP contribution < -0.4 is 5.32 Å². The lowest BCUT2D eigenvalue weighted by atomic mass is 9.84. The van der Waals surface area contributed by atoms with Crippen molar-refractivity contribution in [3.8, 4) is 0 Å². The summed E-state index contributed by atoms with van der Waals surface area (Å²) in [5.41, 5.74) is 0. The van der Waals surface area contributed by atoms with Crippen molar-refractivity contribution in [2.24, 2.45) is 5.92 Å². The Bertz CT molecular complexity index is 577. The van der Waals surface area contributed by atoms with Crippen molar-refractivity contribution in [1.29, 1.82) is 0 Å². The second-order valence-corrected chi connectivity index (χ2v) is 7.44. The lowest BCUT2D eigenvalue weighted by Gasteiger charge is -2.26. The number of aliphatic hydroxyl groups excluding tert-OH is 1. The van der Waals surface area contributed by atoms with Crippen molar-refractivity contribution in [3.63, 3.8) is 0 Å². The predicted octanol–water partition coefficient (Wildman–Crippen LogP) is 2.05. The van der Waals surface area contributed by atoms with Gasteiger partial charge in [-0.3, -0.25) is 4.79 Å². The molecule has 1 amide bonds. The van der Waals surface area contributed by atoms with E-state index in [4.69, 9.17) is 0 Å². The summed E-state index contributed by atoms with van der Waals surface area (Å²) in [6, 6.07) is 0.549. The Morgan fingerprint density at radius 3 is 2.61 bits per heavy atom. The topological polar surface area (TPSA) is 80.0 Å². The van der Waals surface area contributed by atoms with Crippen molar-refractivity contribution in [1.82, 2.24) is 20.1 Å². The van der Waals surface area contributed by atoms with Crippen LogP contribution in [0.5, 0.6) is 0 Å². The molecule has 0 bridgehead atoms. The number of aromatic nitrogens is 3. The molecule has 6 nitrogen and oxygen atoms in total. The van der Waals surface area contributed by atoms with Gasteiger partial charge in [-0.1, -0.05) is 12.8 Å². The highest BCUT2D eigenvalue weighted by molar-refractivity contribution is 5.76. The molecular weight excluding hydrogens is 292 g/mol. The van der Waals surface area contributed by atoms with Gasteiger partial charge >= 0.3 is 0 Å². The molecule has 0 aromatic carbocycles. The third-order valence-electron chi connectivity index (χ3n) is 5.41. The Kier molecular flexibility index (Phi) is 4.09. The van der Waals surface area contributed by atoms with Gasteiger partial charge in [0.1, 0.15) is 5.82 Å². The molecule has 4 rings (SSSR count). The number of nitrogens with one attached hydrogen (secondary N) is 1. The van der Waals surface area contributed by atoms with Crippen LogP contribution in [-0.4, -0.2) is 31.9 Å². The minimum absolute atomic E-state index is 0.0225. The third-order valence-corrected chi connectivity index (χ3v) is 5.41. The molecule has 1 heterocycles. The first-order chi connectivity index (χ1) is 11.2. The van der Waals surface area contributed by atoms with Crippen LogP contribution in [0.2, 0.25) is 0 Å². The highest BCUT2D eigenvalue weighted by Crippen LogP contribution is 2.44. The van der Waals surface area contributed by atoms with E-state index in [0.717, 1.165) is 37.3 Å². The molecule has 1 aromatic rings. The number of carbonyl (C=O) groups is 1. The summed E-state index contributed by atoms with van der Waals surface area (Å²) in [6.45, 7) is 0.456. The third kappa shape index (κ3) is 3.42. The van der Waals surface area contributed by atoms with E-state index in [9.17, 15) is 9.90 Å². The average molecular weight is 318 g/mol. The van der Waals surface area contributed by atoms with E-state index < -0.39 is 0 Å². The van der Waals surface area contributed by atoms with Gasteiger partial charge < -0.3 is 15.0 Å². The van der Waals surface area contributed by atoms with Crippen LogP contribution in [0.15, 0.2) is 0 Å². The number of carbonyl (C=O) groups excluding carboxylic acids is 1. The zero-order valence-electron chi connectivity index (χ0n) is 13.6. The molecule has 2 N–H and O–H groups in total. The van der Waals surface area contributed by atoms with Crippen LogP contribution in [0.25, 0.3) is 0 Å². The molecular formula is C17H26N4O2. The first-order valence-corrected chi connectivity index (χ1v) is 9.11. The fourth-order valence-electron chi connectivity index (χ4n) is 3.72. The van der Waals surface area contributed by atoms with Gasteiger partial charge in [0, 0.05) is 18.4 Å². The standard InChI is InChI=1S/C17H26N4O2/c22-14-4-2-1-3-12(14)9-16(23)18-10-15-19-20-17(11-5-6-11)21(15)13-7-8-13/h11-14,22H,1-10H2,(H,18,23)/t12-,14+/m0/s1. The summed E-state index contributed by atoms with van der Waals surface area (Å²) in [5, 5.41) is 21.7. The van der Waals surface area contributed by atoms with E-state index in [1.807, 2.05) is 0 Å². The fourth-order valence-corrected chi connectivity index (χ4v) is 3.72. The zero-order valence-corrected chi connectivity index (χ0v) is 13.6. The van der Waals surface area contributed by atoms with Crippen LogP contribution >= 0.6 is 0 Å². The fraction of sp³-hybridized carbons (Fsp3) is 0.824. The van der Waals surface area contributed by atoms with Gasteiger partial charge in [0.25, 0.3) is 0 Å². The molecule has 0 spiro atoms. The molecule has 3 aliphatic carbocycles. The SMILES string of the molecule is O=C(C[C@@H]1CCCC[C@H]1O)NCc1nnc(C2CC2)n1C1CC1. The average Bonchev–Trinajstić information content (AvgIpc) is 3.46. The van der Waals surface area contributed by atoms with Gasteiger partial charge in [0.15, 0.2) is 5.82 Å². The first kappa shape index (κ1) is 15.1. The van der Waals surface area contributed by atoms with Gasteiger partial charge in [-0.2, -0.15) is 0 Å². The molecule has 0 saturated heterocycles. The van der Waals surface area contributed by atoms with Crippen molar-refractivity contribution in [2.75, 3.05) is 0 Å². The Hall–Kier alpha value is -1.43. The highest BCUT2D eigenvalue weighted by Gasteiger charge is 2.36. The lowest BCUT2D eigenvalue weighted by molar-refractivity contribution is -0.123. The summed E-state index contributed by atoms with van der Waals surface area (Å²) in [6.07, 6.45) is 8.94. The molecule has 3 fully saturated rings. The summed E-state index contributed by atoms with van der Waals surface area (Å²) in [5.74, 6) is 2.75. The van der Waals surface area contributed by atoms with E-state index in [-0.39, 0.29) is 17.9 Å². The Morgan fingerprint density at radius 2 is 1.91 bits per heavy atom. The quantitative estimate of drug-likeness (QED) is 0.841. The first-order valence-electron chi connectivity index (χ1n) is 9.11. The molecule has 6 heteroatoms. The number of amides is 1. The number of rotatable bonds is 6. The molecule has 23 heavy (non-hydrogen) atoms. The Labute approximate surface area is 136 Å². The Balaban J connectivity index is 1.34. The van der Waals surface area contributed by atoms with Gasteiger partial charge in [-0.15, -0.1) is 10.2 Å². The van der Waals surface area contributed by atoms with Crippen LogP contribution in [0.4, 0.5) is 0 Å². The molecule has 3 saturated carbocycles. The molecule has 126 valence electrons. The zero-order chi connectivity index (χ0) is 15.8. The summed E-state index contributed by atoms with van der Waals surface area (Å²) >= 11 is 0. The van der Waals surface area contributed by atoms with Gasteiger partial charge in [-0.05, 0) is 44.4 Å². The van der Waals surface area contributed by atoms with E-state index in [2.05, 4.69) is 20.1 Å². The van der Waals surface area contributed by atoms with E-state index >= 15 is 0 Å². The number of hydrogen-bond donors (Lipinski definition) is 2. The maximum absolute atomic E-state index is 12.2. The molecule has 3 aliphatic rings. The minimum atomic E-state index is -0.314. The second-order valence-electron chi connectivity index (χ2n) is 7.44. The normalized spacial score (nSPS) is 27.9. The van der Waals surface area contributed by atoms with Crippen LogP contribution in [0, 0.1) is 5.92 Å². The van der Waals surface area contributed by atoms with E-state index in [1.54, 1.807) is 0 Å². The highest BCUT2D eigenvalue weighted by atomic mass is 16.3. The number of aliphatic hydroxyl groups is 1. The van der Waals surface area contributed by atoms with Crippen molar-refractivity contribution >= 4 is 5.91 Å². The number of nitrogens with zero attached hydrogens (tertiary/aromatic N) is 3. The summed E-state index contributed by atoms with van der Waals surface area (Å²) < 4.78 is 2.27. The predicted molar refractivity (Wildman–Crippen MR) is 84.7 cm³/mol. The van der Waals surface area contributed by atoms with Crippen molar-refractivity contribution in [2.45, 2.75) is 82.4 Å². The molecule has 1 aromatic heterocycles. The Morgan fingerprint density at radius 1 is 1.13 bits per heavy atom. The van der Waals surface area contributed by atoms with Crippen molar-refractivity contribution < 1.29 is 9.90 Å². The van der Waals surface area contributed by atoms with E-state index in [1.165, 1.54) is 25.7 Å². The van der Waals surface area contributed by atoms with Crippen LogP contribution in [-0.2, 0) is 11.3 Å². The largest absolute Gasteiger partial charge is 0.393 e. The summed E-state index contributed by atoms with van der Waals surface area (Å²) in [4.78, 5) is 12.2. The van der Waals surface area contributed by atoms with Gasteiger partial charge in [0.2, 0.25) is 5.91 Å². The van der Waals surface area contributed by atoms with Crippen LogP contribution in [0.3, 0.4) is 0 Å². The second kappa shape index (κ2) is 6.23. The maximum atomic E-state index is 12.2. The lowest BCUT2D eigenvalue weighted by Crippen LogP contribution is -2.32. The van der Waals surface area contributed by atoms with E-state index in [0.29, 0.717) is 24.9 Å². The summed E-state index contributed by atoms with van der Waals surface area (Å²) in [7, 11) is 0. The molecule has 0 aliphatic heterocycles. The van der Waals surface area contributed by atoms with Gasteiger partial charge in [-0.25, -0.2) is 0 Å².